The average Bonchev–Trinajstić information content (AvgIpc) is 2.52. The number of aliphatic imine (C=N–C) groups is 1. The fraction of sp³-hybridized carbons (Fsp3) is 0.588. The van der Waals surface area contributed by atoms with Crippen LogP contribution in [0.2, 0.25) is 0 Å². The van der Waals surface area contributed by atoms with Crippen molar-refractivity contribution in [2.45, 2.75) is 40.8 Å². The lowest BCUT2D eigenvalue weighted by molar-refractivity contribution is 0.296. The largest absolute Gasteiger partial charge is 0.357 e. The highest BCUT2D eigenvalue weighted by atomic mass is 127. The number of rotatable bonds is 8. The van der Waals surface area contributed by atoms with E-state index in [-0.39, 0.29) is 24.0 Å². The molecule has 5 heteroatoms. The minimum atomic E-state index is 0. The number of benzene rings is 1. The number of hydrogen-bond acceptors (Lipinski definition) is 2. The lowest BCUT2D eigenvalue weighted by Crippen LogP contribution is -2.36. The molecule has 0 aromatic heterocycles. The van der Waals surface area contributed by atoms with E-state index in [9.17, 15) is 0 Å². The first-order valence-corrected chi connectivity index (χ1v) is 8.05. The summed E-state index contributed by atoms with van der Waals surface area (Å²) in [5, 5.41) is 6.48. The van der Waals surface area contributed by atoms with E-state index in [1.54, 1.807) is 0 Å². The van der Waals surface area contributed by atoms with Crippen molar-refractivity contribution in [2.24, 2.45) is 4.99 Å². The second-order valence-electron chi connectivity index (χ2n) is 5.00. The molecule has 0 saturated carbocycles. The fourth-order valence-electron chi connectivity index (χ4n) is 2.14. The molecular formula is C17H31IN4. The van der Waals surface area contributed by atoms with Crippen LogP contribution in [0.3, 0.4) is 0 Å². The van der Waals surface area contributed by atoms with Crippen LogP contribution in [0.4, 0.5) is 0 Å². The van der Waals surface area contributed by atoms with E-state index in [2.05, 4.69) is 72.5 Å². The summed E-state index contributed by atoms with van der Waals surface area (Å²) in [6.45, 7) is 14.3. The minimum absolute atomic E-state index is 0. The van der Waals surface area contributed by atoms with Crippen LogP contribution < -0.4 is 10.6 Å². The number of hydrogen-bond donors (Lipinski definition) is 2. The number of halogens is 1. The number of guanidine groups is 1. The molecule has 0 saturated heterocycles. The standard InChI is InChI=1S/C17H30N4.HI/c1-5-18-17(19-6-2)20-13-15-9-11-16(12-10-15)14-21(7-3)8-4;/h9-12H,5-8,13-14H2,1-4H3,(H2,18,19,20);1H. The van der Waals surface area contributed by atoms with E-state index < -0.39 is 0 Å². The molecule has 0 radical (unpaired) electrons. The van der Waals surface area contributed by atoms with Gasteiger partial charge in [-0.25, -0.2) is 4.99 Å². The topological polar surface area (TPSA) is 39.7 Å². The van der Waals surface area contributed by atoms with Crippen LogP contribution in [-0.2, 0) is 13.1 Å². The maximum atomic E-state index is 4.58. The summed E-state index contributed by atoms with van der Waals surface area (Å²) in [6, 6.07) is 8.78. The van der Waals surface area contributed by atoms with Crippen molar-refractivity contribution in [3.05, 3.63) is 35.4 Å². The Hall–Kier alpha value is -0.820. The first-order valence-electron chi connectivity index (χ1n) is 8.05. The smallest absolute Gasteiger partial charge is 0.191 e. The van der Waals surface area contributed by atoms with Crippen molar-refractivity contribution in [1.82, 2.24) is 15.5 Å². The predicted octanol–water partition coefficient (Wildman–Crippen LogP) is 3.22. The molecule has 0 aliphatic heterocycles. The Morgan fingerprint density at radius 3 is 1.86 bits per heavy atom. The van der Waals surface area contributed by atoms with Crippen molar-refractivity contribution in [3.63, 3.8) is 0 Å². The first-order chi connectivity index (χ1) is 10.2. The van der Waals surface area contributed by atoms with Crippen molar-refractivity contribution < 1.29 is 0 Å². The summed E-state index contributed by atoms with van der Waals surface area (Å²) in [7, 11) is 0. The lowest BCUT2D eigenvalue weighted by Gasteiger charge is -2.18. The van der Waals surface area contributed by atoms with E-state index >= 15 is 0 Å². The zero-order chi connectivity index (χ0) is 15.5. The maximum absolute atomic E-state index is 4.58. The molecule has 1 aromatic rings. The second kappa shape index (κ2) is 12.7. The molecule has 126 valence electrons. The van der Waals surface area contributed by atoms with Crippen molar-refractivity contribution in [3.8, 4) is 0 Å². The molecule has 1 rings (SSSR count). The zero-order valence-electron chi connectivity index (χ0n) is 14.4. The van der Waals surface area contributed by atoms with Crippen molar-refractivity contribution >= 4 is 29.9 Å². The molecule has 0 unspecified atom stereocenters. The van der Waals surface area contributed by atoms with Crippen LogP contribution in [0.15, 0.2) is 29.3 Å². The molecule has 2 N–H and O–H groups in total. The summed E-state index contributed by atoms with van der Waals surface area (Å²) >= 11 is 0. The third-order valence-electron chi connectivity index (χ3n) is 3.43. The third-order valence-corrected chi connectivity index (χ3v) is 3.43. The van der Waals surface area contributed by atoms with E-state index in [0.717, 1.165) is 38.7 Å². The van der Waals surface area contributed by atoms with Gasteiger partial charge in [0, 0.05) is 19.6 Å². The van der Waals surface area contributed by atoms with Crippen LogP contribution in [0.5, 0.6) is 0 Å². The van der Waals surface area contributed by atoms with E-state index in [1.807, 2.05) is 0 Å². The third kappa shape index (κ3) is 7.98. The zero-order valence-corrected chi connectivity index (χ0v) is 16.7. The van der Waals surface area contributed by atoms with E-state index in [1.165, 1.54) is 11.1 Å². The van der Waals surface area contributed by atoms with Crippen LogP contribution in [0.25, 0.3) is 0 Å². The fourth-order valence-corrected chi connectivity index (χ4v) is 2.14. The monoisotopic (exact) mass is 418 g/mol. The highest BCUT2D eigenvalue weighted by molar-refractivity contribution is 14.0. The molecule has 0 spiro atoms. The van der Waals surface area contributed by atoms with Crippen LogP contribution in [0.1, 0.15) is 38.8 Å². The molecule has 4 nitrogen and oxygen atoms in total. The summed E-state index contributed by atoms with van der Waals surface area (Å²) in [5.74, 6) is 0.882. The quantitative estimate of drug-likeness (QED) is 0.387. The Morgan fingerprint density at radius 2 is 1.41 bits per heavy atom. The van der Waals surface area contributed by atoms with Crippen LogP contribution >= 0.6 is 24.0 Å². The molecule has 0 fully saturated rings. The van der Waals surface area contributed by atoms with Gasteiger partial charge in [0.1, 0.15) is 0 Å². The van der Waals surface area contributed by atoms with Gasteiger partial charge in [0.05, 0.1) is 6.54 Å². The minimum Gasteiger partial charge on any atom is -0.357 e. The van der Waals surface area contributed by atoms with Gasteiger partial charge in [-0.3, -0.25) is 4.90 Å². The number of nitrogens with one attached hydrogen (secondary N) is 2. The Morgan fingerprint density at radius 1 is 0.909 bits per heavy atom. The second-order valence-corrected chi connectivity index (χ2v) is 5.00. The molecule has 0 aliphatic rings. The van der Waals surface area contributed by atoms with Gasteiger partial charge < -0.3 is 10.6 Å². The summed E-state index contributed by atoms with van der Waals surface area (Å²) < 4.78 is 0. The van der Waals surface area contributed by atoms with Crippen molar-refractivity contribution in [2.75, 3.05) is 26.2 Å². The normalized spacial score (nSPS) is 10.0. The highest BCUT2D eigenvalue weighted by Crippen LogP contribution is 2.08. The molecule has 1 aromatic carbocycles. The van der Waals surface area contributed by atoms with Gasteiger partial charge in [0.15, 0.2) is 5.96 Å². The first kappa shape index (κ1) is 21.2. The van der Waals surface area contributed by atoms with Gasteiger partial charge in [0.25, 0.3) is 0 Å². The van der Waals surface area contributed by atoms with Gasteiger partial charge >= 0.3 is 0 Å². The molecule has 22 heavy (non-hydrogen) atoms. The summed E-state index contributed by atoms with van der Waals surface area (Å²) in [6.07, 6.45) is 0. The van der Waals surface area contributed by atoms with Crippen molar-refractivity contribution in [1.29, 1.82) is 0 Å². The molecular weight excluding hydrogens is 387 g/mol. The molecule has 0 bridgehead atoms. The van der Waals surface area contributed by atoms with Gasteiger partial charge in [-0.2, -0.15) is 0 Å². The Labute approximate surface area is 152 Å². The molecule has 0 atom stereocenters. The number of nitrogens with zero attached hydrogens (tertiary/aromatic N) is 2. The molecule has 0 aliphatic carbocycles. The van der Waals surface area contributed by atoms with Gasteiger partial charge in [-0.1, -0.05) is 38.1 Å². The maximum Gasteiger partial charge on any atom is 0.191 e. The molecule has 0 amide bonds. The Bertz CT molecular complexity index is 405. The van der Waals surface area contributed by atoms with E-state index in [0.29, 0.717) is 6.54 Å². The van der Waals surface area contributed by atoms with E-state index in [4.69, 9.17) is 0 Å². The van der Waals surface area contributed by atoms with Gasteiger partial charge in [-0.15, -0.1) is 24.0 Å². The van der Waals surface area contributed by atoms with Gasteiger partial charge in [-0.05, 0) is 38.1 Å². The lowest BCUT2D eigenvalue weighted by atomic mass is 10.1. The highest BCUT2D eigenvalue weighted by Gasteiger charge is 2.01. The Balaban J connectivity index is 0.00000441. The molecule has 0 heterocycles. The summed E-state index contributed by atoms with van der Waals surface area (Å²) in [4.78, 5) is 7.00. The predicted molar refractivity (Wildman–Crippen MR) is 107 cm³/mol. The van der Waals surface area contributed by atoms with Crippen LogP contribution in [-0.4, -0.2) is 37.0 Å². The summed E-state index contributed by atoms with van der Waals surface area (Å²) in [5.41, 5.74) is 2.61. The average molecular weight is 418 g/mol. The van der Waals surface area contributed by atoms with Crippen LogP contribution in [0, 0.1) is 0 Å². The SMILES string of the molecule is CCNC(=NCc1ccc(CN(CC)CC)cc1)NCC.I. The van der Waals surface area contributed by atoms with Gasteiger partial charge in [0.2, 0.25) is 0 Å². The Kier molecular flexibility index (Phi) is 12.2.